The summed E-state index contributed by atoms with van der Waals surface area (Å²) in [6, 6.07) is 14.8. The summed E-state index contributed by atoms with van der Waals surface area (Å²) in [5, 5.41) is 0.648. The molecule has 0 saturated carbocycles. The molecule has 0 radical (unpaired) electrons. The third-order valence-corrected chi connectivity index (χ3v) is 7.65. The summed E-state index contributed by atoms with van der Waals surface area (Å²) in [5.41, 5.74) is 5.09. The first-order chi connectivity index (χ1) is 12.3. The van der Waals surface area contributed by atoms with Gasteiger partial charge in [-0.3, -0.25) is 0 Å². The van der Waals surface area contributed by atoms with E-state index in [0.29, 0.717) is 23.1 Å². The van der Waals surface area contributed by atoms with E-state index in [1.165, 1.54) is 16.7 Å². The average Bonchev–Trinajstić information content (AvgIpc) is 2.61. The van der Waals surface area contributed by atoms with E-state index in [2.05, 4.69) is 78.0 Å². The van der Waals surface area contributed by atoms with Crippen LogP contribution in [0.1, 0.15) is 81.5 Å². The standard InChI is InChI=1S/C24H32OSe/c1-17(2)21-15-22(18(3)4)24(23(16-21)19(5)6)26(25)14-10-13-20-11-8-7-9-12-20/h7-13,15-19H,14H2,1-6H3/b13-10+. The second-order valence-corrected chi connectivity index (χ2v) is 10.8. The van der Waals surface area contributed by atoms with E-state index in [1.54, 1.807) is 0 Å². The number of rotatable bonds is 7. The molecule has 1 atom stereocenters. The molecule has 0 bridgehead atoms. The molecule has 1 nitrogen and oxygen atoms in total. The second-order valence-electron chi connectivity index (χ2n) is 7.82. The minimum absolute atomic E-state index is 0.388. The normalized spacial score (nSPS) is 13.3. The van der Waals surface area contributed by atoms with E-state index in [0.717, 1.165) is 10.0 Å². The van der Waals surface area contributed by atoms with Gasteiger partial charge in [0.2, 0.25) is 0 Å². The third-order valence-electron chi connectivity index (χ3n) is 4.66. The van der Waals surface area contributed by atoms with Crippen LogP contribution in [0.4, 0.5) is 0 Å². The first-order valence-electron chi connectivity index (χ1n) is 9.59. The molecule has 0 heterocycles. The Balaban J connectivity index is 2.39. The van der Waals surface area contributed by atoms with Crippen molar-refractivity contribution < 1.29 is 3.83 Å². The zero-order valence-electron chi connectivity index (χ0n) is 17.0. The number of hydrogen-bond acceptors (Lipinski definition) is 1. The Bertz CT molecular complexity index is 741. The molecule has 0 fully saturated rings. The van der Waals surface area contributed by atoms with Crippen molar-refractivity contribution in [2.45, 2.75) is 64.6 Å². The summed E-state index contributed by atoms with van der Waals surface area (Å²) in [4.78, 5) is 0. The Hall–Kier alpha value is -1.50. The van der Waals surface area contributed by atoms with E-state index in [1.807, 2.05) is 18.2 Å². The van der Waals surface area contributed by atoms with Gasteiger partial charge in [0.25, 0.3) is 0 Å². The van der Waals surface area contributed by atoms with Gasteiger partial charge in [0.15, 0.2) is 0 Å². The molecular formula is C24H32OSe. The maximum absolute atomic E-state index is 13.3. The van der Waals surface area contributed by atoms with Crippen molar-refractivity contribution >= 4 is 24.4 Å². The van der Waals surface area contributed by atoms with Gasteiger partial charge in [-0.25, -0.2) is 0 Å². The average molecular weight is 415 g/mol. The van der Waals surface area contributed by atoms with Crippen molar-refractivity contribution in [1.82, 2.24) is 0 Å². The Morgan fingerprint density at radius 1 is 0.846 bits per heavy atom. The molecule has 0 aliphatic heterocycles. The summed E-state index contributed by atoms with van der Waals surface area (Å²) in [7, 11) is 0. The summed E-state index contributed by atoms with van der Waals surface area (Å²) in [5.74, 6) is 1.26. The molecule has 2 aromatic rings. The number of hydrogen-bond donors (Lipinski definition) is 0. The van der Waals surface area contributed by atoms with Crippen molar-refractivity contribution in [2.75, 3.05) is 0 Å². The molecule has 2 aromatic carbocycles. The van der Waals surface area contributed by atoms with Gasteiger partial charge >= 0.3 is 164 Å². The number of benzene rings is 2. The summed E-state index contributed by atoms with van der Waals surface area (Å²) < 4.78 is 14.5. The predicted molar refractivity (Wildman–Crippen MR) is 115 cm³/mol. The maximum atomic E-state index is 13.3. The Morgan fingerprint density at radius 2 is 1.38 bits per heavy atom. The topological polar surface area (TPSA) is 17.1 Å². The molecule has 2 heteroatoms. The molecular weight excluding hydrogens is 383 g/mol. The molecule has 0 spiro atoms. The SMILES string of the molecule is CC(C)c1cc(C(C)C)c([Se](=O)C/C=C/c2ccccc2)c(C(C)C)c1. The predicted octanol–water partition coefficient (Wildman–Crippen LogP) is 6.40. The fourth-order valence-corrected chi connectivity index (χ4v) is 6.33. The minimum atomic E-state index is -2.12. The van der Waals surface area contributed by atoms with Crippen LogP contribution in [0.3, 0.4) is 0 Å². The molecule has 0 amide bonds. The Labute approximate surface area is 163 Å². The van der Waals surface area contributed by atoms with Gasteiger partial charge in [0.05, 0.1) is 0 Å². The van der Waals surface area contributed by atoms with Crippen LogP contribution in [0.25, 0.3) is 6.08 Å². The van der Waals surface area contributed by atoms with Crippen molar-refractivity contribution in [3.8, 4) is 0 Å². The number of allylic oxidation sites excluding steroid dienone is 1. The van der Waals surface area contributed by atoms with Crippen LogP contribution in [0.15, 0.2) is 48.5 Å². The van der Waals surface area contributed by atoms with Crippen molar-refractivity contribution in [2.24, 2.45) is 0 Å². The van der Waals surface area contributed by atoms with Crippen LogP contribution in [0.2, 0.25) is 5.32 Å². The van der Waals surface area contributed by atoms with Gasteiger partial charge in [0, 0.05) is 0 Å². The quantitative estimate of drug-likeness (QED) is 0.478. The zero-order valence-corrected chi connectivity index (χ0v) is 18.7. The van der Waals surface area contributed by atoms with Gasteiger partial charge in [-0.05, 0) is 0 Å². The van der Waals surface area contributed by atoms with Crippen LogP contribution in [0.5, 0.6) is 0 Å². The van der Waals surface area contributed by atoms with Crippen molar-refractivity contribution in [1.29, 1.82) is 0 Å². The molecule has 2 rings (SSSR count). The third kappa shape index (κ3) is 5.25. The van der Waals surface area contributed by atoms with E-state index in [-0.39, 0.29) is 0 Å². The van der Waals surface area contributed by atoms with E-state index < -0.39 is 13.8 Å². The van der Waals surface area contributed by atoms with E-state index >= 15 is 0 Å². The molecule has 26 heavy (non-hydrogen) atoms. The summed E-state index contributed by atoms with van der Waals surface area (Å²) in [6.07, 6.45) is 4.17. The fourth-order valence-electron chi connectivity index (χ4n) is 3.07. The van der Waals surface area contributed by atoms with E-state index in [9.17, 15) is 3.83 Å². The molecule has 0 aliphatic carbocycles. The van der Waals surface area contributed by atoms with Gasteiger partial charge in [-0.2, -0.15) is 0 Å². The Morgan fingerprint density at radius 3 is 1.85 bits per heavy atom. The van der Waals surface area contributed by atoms with Gasteiger partial charge in [0.1, 0.15) is 0 Å². The Kier molecular flexibility index (Phi) is 7.55. The molecule has 140 valence electrons. The van der Waals surface area contributed by atoms with Crippen LogP contribution in [-0.4, -0.2) is 13.8 Å². The fraction of sp³-hybridized carbons (Fsp3) is 0.417. The van der Waals surface area contributed by atoms with Gasteiger partial charge in [-0.1, -0.05) is 0 Å². The van der Waals surface area contributed by atoms with Crippen LogP contribution in [-0.2, 0) is 3.83 Å². The van der Waals surface area contributed by atoms with Crippen molar-refractivity contribution in [3.63, 3.8) is 0 Å². The summed E-state index contributed by atoms with van der Waals surface area (Å²) in [6.45, 7) is 13.3. The zero-order chi connectivity index (χ0) is 19.3. The monoisotopic (exact) mass is 416 g/mol. The first-order valence-corrected chi connectivity index (χ1v) is 12.4. The van der Waals surface area contributed by atoms with Crippen molar-refractivity contribution in [3.05, 3.63) is 70.8 Å². The van der Waals surface area contributed by atoms with Gasteiger partial charge < -0.3 is 0 Å². The molecule has 0 aromatic heterocycles. The van der Waals surface area contributed by atoms with Crippen LogP contribution >= 0.6 is 0 Å². The van der Waals surface area contributed by atoms with Crippen LogP contribution < -0.4 is 4.46 Å². The second kappa shape index (κ2) is 9.44. The molecule has 0 aliphatic rings. The summed E-state index contributed by atoms with van der Waals surface area (Å²) >= 11 is -2.12. The van der Waals surface area contributed by atoms with Gasteiger partial charge in [-0.15, -0.1) is 0 Å². The molecule has 0 N–H and O–H groups in total. The molecule has 1 unspecified atom stereocenters. The van der Waals surface area contributed by atoms with Crippen LogP contribution in [0, 0.1) is 0 Å². The molecule has 0 saturated heterocycles. The van der Waals surface area contributed by atoms with E-state index in [4.69, 9.17) is 0 Å². The first kappa shape index (κ1) is 20.8.